The van der Waals surface area contributed by atoms with Crippen LogP contribution in [-0.4, -0.2) is 25.8 Å². The summed E-state index contributed by atoms with van der Waals surface area (Å²) in [6.45, 7) is 5.52. The van der Waals surface area contributed by atoms with Gasteiger partial charge in [-0.15, -0.1) is 0 Å². The van der Waals surface area contributed by atoms with E-state index in [1.54, 1.807) is 0 Å². The molecule has 3 heteroatoms. The SMILES string of the molecule is COC(=O)[C@H]1CC[C@H]2[C@H]3[C@H](CC[C@H]2C)[C@H](C)CO[C@@H]31. The minimum absolute atomic E-state index is 0.0217. The second-order valence-corrected chi connectivity index (χ2v) is 6.94. The summed E-state index contributed by atoms with van der Waals surface area (Å²) in [6.07, 6.45) is 4.91. The van der Waals surface area contributed by atoms with E-state index in [0.29, 0.717) is 11.8 Å². The number of hydrogen-bond donors (Lipinski definition) is 0. The van der Waals surface area contributed by atoms with Crippen LogP contribution in [0, 0.1) is 35.5 Å². The lowest BCUT2D eigenvalue weighted by molar-refractivity contribution is -0.189. The van der Waals surface area contributed by atoms with Crippen LogP contribution < -0.4 is 0 Å². The first kappa shape index (κ1) is 13.4. The van der Waals surface area contributed by atoms with Gasteiger partial charge in [0.05, 0.1) is 19.1 Å². The molecule has 3 fully saturated rings. The predicted molar refractivity (Wildman–Crippen MR) is 72.5 cm³/mol. The van der Waals surface area contributed by atoms with Crippen LogP contribution in [0.15, 0.2) is 0 Å². The summed E-state index contributed by atoms with van der Waals surface area (Å²) in [4.78, 5) is 12.0. The third-order valence-electron chi connectivity index (χ3n) is 6.05. The number of esters is 1. The van der Waals surface area contributed by atoms with Crippen molar-refractivity contribution in [2.24, 2.45) is 35.5 Å². The van der Waals surface area contributed by atoms with Gasteiger partial charge in [-0.1, -0.05) is 20.3 Å². The topological polar surface area (TPSA) is 35.5 Å². The second kappa shape index (κ2) is 5.08. The molecule has 0 aromatic heterocycles. The van der Waals surface area contributed by atoms with Gasteiger partial charge in [0.15, 0.2) is 0 Å². The van der Waals surface area contributed by atoms with E-state index in [0.717, 1.165) is 30.8 Å². The van der Waals surface area contributed by atoms with Gasteiger partial charge in [0.1, 0.15) is 0 Å². The van der Waals surface area contributed by atoms with Gasteiger partial charge >= 0.3 is 5.97 Å². The summed E-state index contributed by atoms with van der Waals surface area (Å²) in [5.74, 6) is 3.45. The van der Waals surface area contributed by atoms with E-state index in [4.69, 9.17) is 9.47 Å². The van der Waals surface area contributed by atoms with Crippen LogP contribution in [0.2, 0.25) is 0 Å². The summed E-state index contributed by atoms with van der Waals surface area (Å²) in [5.41, 5.74) is 0. The summed E-state index contributed by atoms with van der Waals surface area (Å²) in [5, 5.41) is 0. The Balaban J connectivity index is 1.87. The van der Waals surface area contributed by atoms with Gasteiger partial charge in [0.25, 0.3) is 0 Å². The fraction of sp³-hybridized carbons (Fsp3) is 0.938. The molecule has 0 amide bonds. The van der Waals surface area contributed by atoms with Gasteiger partial charge in [0.2, 0.25) is 0 Å². The molecule has 0 N–H and O–H groups in total. The van der Waals surface area contributed by atoms with Gasteiger partial charge in [0, 0.05) is 6.61 Å². The quantitative estimate of drug-likeness (QED) is 0.685. The molecule has 0 bridgehead atoms. The van der Waals surface area contributed by atoms with Crippen molar-refractivity contribution in [3.8, 4) is 0 Å². The maximum Gasteiger partial charge on any atom is 0.311 e. The molecule has 7 atom stereocenters. The van der Waals surface area contributed by atoms with Crippen molar-refractivity contribution in [1.29, 1.82) is 0 Å². The normalized spacial score (nSPS) is 49.3. The van der Waals surface area contributed by atoms with E-state index in [2.05, 4.69) is 13.8 Å². The molecule has 0 aromatic rings. The van der Waals surface area contributed by atoms with Crippen molar-refractivity contribution >= 4 is 5.97 Å². The number of ether oxygens (including phenoxy) is 2. The average molecular weight is 266 g/mol. The fourth-order valence-electron chi connectivity index (χ4n) is 5.01. The van der Waals surface area contributed by atoms with Crippen molar-refractivity contribution in [3.63, 3.8) is 0 Å². The second-order valence-electron chi connectivity index (χ2n) is 6.94. The van der Waals surface area contributed by atoms with Crippen LogP contribution in [0.5, 0.6) is 0 Å². The molecule has 0 spiro atoms. The van der Waals surface area contributed by atoms with Crippen LogP contribution in [0.1, 0.15) is 39.5 Å². The number of carbonyl (C=O) groups is 1. The maximum atomic E-state index is 12.0. The number of methoxy groups -OCH3 is 1. The summed E-state index contributed by atoms with van der Waals surface area (Å²) in [7, 11) is 1.50. The Bertz CT molecular complexity index is 348. The van der Waals surface area contributed by atoms with Gasteiger partial charge < -0.3 is 9.47 Å². The molecule has 2 saturated carbocycles. The number of rotatable bonds is 1. The van der Waals surface area contributed by atoms with Crippen LogP contribution >= 0.6 is 0 Å². The van der Waals surface area contributed by atoms with E-state index < -0.39 is 0 Å². The third kappa shape index (κ3) is 2.10. The van der Waals surface area contributed by atoms with Gasteiger partial charge in [-0.3, -0.25) is 4.79 Å². The molecule has 1 aliphatic heterocycles. The van der Waals surface area contributed by atoms with Gasteiger partial charge in [-0.25, -0.2) is 0 Å². The Kier molecular flexibility index (Phi) is 3.59. The largest absolute Gasteiger partial charge is 0.469 e. The van der Waals surface area contributed by atoms with E-state index in [9.17, 15) is 4.79 Å². The minimum Gasteiger partial charge on any atom is -0.469 e. The lowest BCUT2D eigenvalue weighted by Gasteiger charge is -2.55. The molecule has 1 saturated heterocycles. The smallest absolute Gasteiger partial charge is 0.311 e. The molecule has 3 nitrogen and oxygen atoms in total. The Hall–Kier alpha value is -0.570. The van der Waals surface area contributed by atoms with Crippen LogP contribution in [0.25, 0.3) is 0 Å². The van der Waals surface area contributed by atoms with Gasteiger partial charge in [-0.2, -0.15) is 0 Å². The first-order valence-corrected chi connectivity index (χ1v) is 7.83. The molecule has 19 heavy (non-hydrogen) atoms. The van der Waals surface area contributed by atoms with Crippen molar-refractivity contribution in [2.45, 2.75) is 45.6 Å². The molecule has 0 aromatic carbocycles. The van der Waals surface area contributed by atoms with Crippen molar-refractivity contribution in [3.05, 3.63) is 0 Å². The van der Waals surface area contributed by atoms with Crippen LogP contribution in [0.3, 0.4) is 0 Å². The van der Waals surface area contributed by atoms with Crippen molar-refractivity contribution in [1.82, 2.24) is 0 Å². The summed E-state index contributed by atoms with van der Waals surface area (Å²) in [6, 6.07) is 0. The lowest BCUT2D eigenvalue weighted by Crippen LogP contribution is -2.55. The molecule has 2 aliphatic carbocycles. The number of carbonyl (C=O) groups excluding carboxylic acids is 1. The Labute approximate surface area is 116 Å². The zero-order chi connectivity index (χ0) is 13.6. The van der Waals surface area contributed by atoms with E-state index >= 15 is 0 Å². The Morgan fingerprint density at radius 2 is 1.74 bits per heavy atom. The van der Waals surface area contributed by atoms with E-state index in [-0.39, 0.29) is 18.0 Å². The minimum atomic E-state index is -0.0602. The zero-order valence-corrected chi connectivity index (χ0v) is 12.3. The van der Waals surface area contributed by atoms with Crippen molar-refractivity contribution in [2.75, 3.05) is 13.7 Å². The highest BCUT2D eigenvalue weighted by molar-refractivity contribution is 5.73. The number of hydrogen-bond acceptors (Lipinski definition) is 3. The standard InChI is InChI=1S/C16H26O3/c1-9-4-5-12-10(2)8-19-15-13(16(17)18-3)7-6-11(9)14(12)15/h9-15H,4-8H2,1-3H3/t9-,10-,11-,12-,13+,14+,15-/m1/s1. The lowest BCUT2D eigenvalue weighted by atomic mass is 9.55. The Morgan fingerprint density at radius 1 is 1.05 bits per heavy atom. The molecule has 3 rings (SSSR count). The van der Waals surface area contributed by atoms with Crippen LogP contribution in [-0.2, 0) is 14.3 Å². The van der Waals surface area contributed by atoms with Gasteiger partial charge in [-0.05, 0) is 48.9 Å². The molecule has 0 unspecified atom stereocenters. The van der Waals surface area contributed by atoms with E-state index in [1.165, 1.54) is 26.4 Å². The highest BCUT2D eigenvalue weighted by atomic mass is 16.5. The first-order chi connectivity index (χ1) is 9.13. The summed E-state index contributed by atoms with van der Waals surface area (Å²) < 4.78 is 11.1. The molecule has 108 valence electrons. The average Bonchev–Trinajstić information content (AvgIpc) is 2.43. The highest BCUT2D eigenvalue weighted by Crippen LogP contribution is 2.53. The summed E-state index contributed by atoms with van der Waals surface area (Å²) >= 11 is 0. The Morgan fingerprint density at radius 3 is 2.47 bits per heavy atom. The molecular formula is C16H26O3. The molecule has 3 aliphatic rings. The maximum absolute atomic E-state index is 12.0. The molecule has 0 radical (unpaired) electrons. The zero-order valence-electron chi connectivity index (χ0n) is 12.3. The monoisotopic (exact) mass is 266 g/mol. The van der Waals surface area contributed by atoms with Crippen LogP contribution in [0.4, 0.5) is 0 Å². The first-order valence-electron chi connectivity index (χ1n) is 7.83. The highest BCUT2D eigenvalue weighted by Gasteiger charge is 2.53. The third-order valence-corrected chi connectivity index (χ3v) is 6.05. The predicted octanol–water partition coefficient (Wildman–Crippen LogP) is 2.88. The molecular weight excluding hydrogens is 240 g/mol. The molecule has 1 heterocycles. The van der Waals surface area contributed by atoms with E-state index in [1.807, 2.05) is 0 Å². The fourth-order valence-corrected chi connectivity index (χ4v) is 5.01. The van der Waals surface area contributed by atoms with Crippen molar-refractivity contribution < 1.29 is 14.3 Å².